The van der Waals surface area contributed by atoms with Crippen molar-refractivity contribution >= 4 is 11.8 Å². The molecule has 0 unspecified atom stereocenters. The number of ether oxygens (including phenoxy) is 2. The topological polar surface area (TPSA) is 55.8 Å². The van der Waals surface area contributed by atoms with Gasteiger partial charge in [-0.15, -0.1) is 0 Å². The van der Waals surface area contributed by atoms with Gasteiger partial charge in [0.05, 0.1) is 0 Å². The molecule has 0 aromatic rings. The molecule has 0 atom stereocenters. The van der Waals surface area contributed by atoms with E-state index in [1.54, 1.807) is 39.8 Å². The Morgan fingerprint density at radius 1 is 1.20 bits per heavy atom. The van der Waals surface area contributed by atoms with Crippen LogP contribution in [0, 0.1) is 0 Å². The number of hydrogen-bond acceptors (Lipinski definition) is 5. The maximum Gasteiger partial charge on any atom is 0.343 e. The predicted octanol–water partition coefficient (Wildman–Crippen LogP) is 2.16. The minimum atomic E-state index is -0.633. The second-order valence-electron chi connectivity index (χ2n) is 5.84. The van der Waals surface area contributed by atoms with Gasteiger partial charge in [-0.3, -0.25) is 4.79 Å². The first-order valence-corrected chi connectivity index (χ1v) is 6.90. The normalized spacial score (nSPS) is 12.2. The van der Waals surface area contributed by atoms with Gasteiger partial charge in [0, 0.05) is 26.9 Å². The Kier molecular flexibility index (Phi) is 8.15. The summed E-state index contributed by atoms with van der Waals surface area (Å²) < 4.78 is 10.5. The van der Waals surface area contributed by atoms with E-state index in [0.29, 0.717) is 6.61 Å². The average molecular weight is 285 g/mol. The molecule has 0 saturated carbocycles. The predicted molar refractivity (Wildman–Crippen MR) is 78.3 cm³/mol. The molecule has 0 radical (unpaired) electrons. The Labute approximate surface area is 121 Å². The highest BCUT2D eigenvalue weighted by Gasteiger charge is 2.25. The fourth-order valence-electron chi connectivity index (χ4n) is 1.32. The summed E-state index contributed by atoms with van der Waals surface area (Å²) in [6.45, 7) is 7.76. The lowest BCUT2D eigenvalue weighted by atomic mass is 10.1. The van der Waals surface area contributed by atoms with Crippen LogP contribution in [-0.2, 0) is 19.1 Å². The van der Waals surface area contributed by atoms with Crippen LogP contribution >= 0.6 is 0 Å². The number of esters is 1. The fraction of sp³-hybridized carbons (Fsp3) is 0.733. The van der Waals surface area contributed by atoms with Gasteiger partial charge in [0.1, 0.15) is 17.8 Å². The highest BCUT2D eigenvalue weighted by molar-refractivity contribution is 6.17. The number of nitrogens with zero attached hydrogens (tertiary/aromatic N) is 1. The molecular formula is C15H27NO4. The summed E-state index contributed by atoms with van der Waals surface area (Å²) in [6, 6.07) is 0. The number of Topliss-reactive ketones (excluding diaryl/α,β-unsaturated/α-hetero) is 1. The zero-order valence-corrected chi connectivity index (χ0v) is 13.5. The third-order valence-electron chi connectivity index (χ3n) is 2.18. The number of unbranched alkanes of at least 4 members (excludes halogenated alkanes) is 1. The van der Waals surface area contributed by atoms with Crippen LogP contribution in [0.2, 0.25) is 0 Å². The van der Waals surface area contributed by atoms with Crippen molar-refractivity contribution < 1.29 is 19.1 Å². The third-order valence-corrected chi connectivity index (χ3v) is 2.18. The molecule has 5 nitrogen and oxygen atoms in total. The van der Waals surface area contributed by atoms with E-state index in [1.165, 1.54) is 6.20 Å². The molecule has 0 N–H and O–H groups in total. The number of ketones is 1. The van der Waals surface area contributed by atoms with Crippen molar-refractivity contribution in [3.63, 3.8) is 0 Å². The van der Waals surface area contributed by atoms with Crippen LogP contribution in [0.1, 0.15) is 40.5 Å². The Hall–Kier alpha value is -1.36. The van der Waals surface area contributed by atoms with Crippen LogP contribution in [0.3, 0.4) is 0 Å². The van der Waals surface area contributed by atoms with Gasteiger partial charge in [0.25, 0.3) is 0 Å². The molecule has 0 aliphatic carbocycles. The van der Waals surface area contributed by atoms with E-state index in [1.807, 2.05) is 6.92 Å². The molecule has 0 amide bonds. The number of hydrogen-bond donors (Lipinski definition) is 0. The molecular weight excluding hydrogens is 258 g/mol. The molecule has 5 heteroatoms. The van der Waals surface area contributed by atoms with Crippen LogP contribution in [0.15, 0.2) is 11.8 Å². The summed E-state index contributed by atoms with van der Waals surface area (Å²) in [5.74, 6) is -0.973. The molecule has 0 saturated heterocycles. The zero-order chi connectivity index (χ0) is 15.8. The van der Waals surface area contributed by atoms with E-state index < -0.39 is 11.6 Å². The van der Waals surface area contributed by atoms with Crippen LogP contribution in [-0.4, -0.2) is 49.6 Å². The van der Waals surface area contributed by atoms with Crippen molar-refractivity contribution in [2.75, 3.05) is 27.3 Å². The van der Waals surface area contributed by atoms with Gasteiger partial charge in [-0.1, -0.05) is 13.3 Å². The summed E-state index contributed by atoms with van der Waals surface area (Å²) in [4.78, 5) is 25.7. The maximum atomic E-state index is 12.0. The lowest BCUT2D eigenvalue weighted by molar-refractivity contribution is -0.151. The van der Waals surface area contributed by atoms with Gasteiger partial charge >= 0.3 is 5.97 Å². The molecule has 0 aliphatic rings. The number of carbonyl (C=O) groups excluding carboxylic acids is 2. The third kappa shape index (κ3) is 8.69. The molecule has 0 aliphatic heterocycles. The summed E-state index contributed by atoms with van der Waals surface area (Å²) >= 11 is 0. The van der Waals surface area contributed by atoms with Gasteiger partial charge in [0.2, 0.25) is 0 Å². The van der Waals surface area contributed by atoms with E-state index in [2.05, 4.69) is 0 Å². The van der Waals surface area contributed by atoms with Crippen molar-refractivity contribution in [3.8, 4) is 0 Å². The highest BCUT2D eigenvalue weighted by Crippen LogP contribution is 2.12. The Balaban J connectivity index is 4.72. The Morgan fingerprint density at radius 3 is 2.25 bits per heavy atom. The van der Waals surface area contributed by atoms with Gasteiger partial charge in [-0.05, 0) is 27.2 Å². The maximum absolute atomic E-state index is 12.0. The van der Waals surface area contributed by atoms with Crippen LogP contribution < -0.4 is 0 Å². The largest absolute Gasteiger partial charge is 0.456 e. The minimum absolute atomic E-state index is 0.0152. The molecule has 0 aromatic carbocycles. The van der Waals surface area contributed by atoms with Crippen molar-refractivity contribution in [2.24, 2.45) is 0 Å². The van der Waals surface area contributed by atoms with E-state index in [0.717, 1.165) is 12.8 Å². The van der Waals surface area contributed by atoms with Gasteiger partial charge < -0.3 is 14.4 Å². The molecule has 0 aromatic heterocycles. The number of rotatable bonds is 8. The van der Waals surface area contributed by atoms with Crippen LogP contribution in [0.4, 0.5) is 0 Å². The summed E-state index contributed by atoms with van der Waals surface area (Å²) in [5.41, 5.74) is -0.618. The number of carbonyl (C=O) groups is 2. The molecule has 20 heavy (non-hydrogen) atoms. The molecule has 0 bridgehead atoms. The second kappa shape index (κ2) is 8.74. The first-order valence-electron chi connectivity index (χ1n) is 6.90. The van der Waals surface area contributed by atoms with Crippen molar-refractivity contribution in [3.05, 3.63) is 11.8 Å². The average Bonchev–Trinajstić information content (AvgIpc) is 2.28. The van der Waals surface area contributed by atoms with Crippen LogP contribution in [0.25, 0.3) is 0 Å². The van der Waals surface area contributed by atoms with E-state index in [4.69, 9.17) is 9.47 Å². The summed E-state index contributed by atoms with van der Waals surface area (Å²) in [5, 5.41) is 0. The lowest BCUT2D eigenvalue weighted by Gasteiger charge is -2.21. The molecule has 116 valence electrons. The smallest absolute Gasteiger partial charge is 0.343 e. The second-order valence-corrected chi connectivity index (χ2v) is 5.84. The Morgan fingerprint density at radius 2 is 1.80 bits per heavy atom. The summed E-state index contributed by atoms with van der Waals surface area (Å²) in [7, 11) is 3.49. The van der Waals surface area contributed by atoms with Crippen molar-refractivity contribution in [1.82, 2.24) is 4.90 Å². The van der Waals surface area contributed by atoms with Crippen molar-refractivity contribution in [1.29, 1.82) is 0 Å². The van der Waals surface area contributed by atoms with E-state index in [-0.39, 0.29) is 18.0 Å². The first-order chi connectivity index (χ1) is 9.17. The van der Waals surface area contributed by atoms with Gasteiger partial charge in [-0.2, -0.15) is 0 Å². The monoisotopic (exact) mass is 285 g/mol. The SMILES string of the molecule is CCCCOCC(=O)/C(=C\N(C)C)C(=O)OC(C)(C)C. The van der Waals surface area contributed by atoms with E-state index >= 15 is 0 Å². The Bertz CT molecular complexity index is 353. The highest BCUT2D eigenvalue weighted by atomic mass is 16.6. The molecule has 0 fully saturated rings. The zero-order valence-electron chi connectivity index (χ0n) is 13.5. The molecule has 0 heterocycles. The van der Waals surface area contributed by atoms with Crippen LogP contribution in [0.5, 0.6) is 0 Å². The first kappa shape index (κ1) is 18.6. The van der Waals surface area contributed by atoms with E-state index in [9.17, 15) is 9.59 Å². The molecule has 0 spiro atoms. The molecule has 0 rings (SSSR count). The van der Waals surface area contributed by atoms with Crippen molar-refractivity contribution in [2.45, 2.75) is 46.1 Å². The van der Waals surface area contributed by atoms with Gasteiger partial charge in [-0.25, -0.2) is 4.79 Å². The van der Waals surface area contributed by atoms with Gasteiger partial charge in [0.15, 0.2) is 5.78 Å². The summed E-state index contributed by atoms with van der Waals surface area (Å²) in [6.07, 6.45) is 3.37. The lowest BCUT2D eigenvalue weighted by Crippen LogP contribution is -2.29. The minimum Gasteiger partial charge on any atom is -0.456 e. The standard InChI is InChI=1S/C15H27NO4/c1-7-8-9-19-11-13(17)12(10-16(5)6)14(18)20-15(2,3)4/h10H,7-9,11H2,1-6H3/b12-10+. The fourth-order valence-corrected chi connectivity index (χ4v) is 1.32. The quantitative estimate of drug-likeness (QED) is 0.225.